The number of carbonyl (C=O) groups excluding carboxylic acids is 2. The van der Waals surface area contributed by atoms with Crippen LogP contribution in [0.3, 0.4) is 0 Å². The van der Waals surface area contributed by atoms with Crippen LogP contribution in [0.5, 0.6) is 17.2 Å². The second kappa shape index (κ2) is 11.8. The van der Waals surface area contributed by atoms with Crippen molar-refractivity contribution in [3.05, 3.63) is 93.5 Å². The molecule has 1 aliphatic heterocycles. The van der Waals surface area contributed by atoms with Crippen LogP contribution in [0.2, 0.25) is 5.02 Å². The summed E-state index contributed by atoms with van der Waals surface area (Å²) in [6.07, 6.45) is 0. The van der Waals surface area contributed by atoms with Gasteiger partial charge in [-0.15, -0.1) is 0 Å². The molecule has 8 heteroatoms. The first-order valence-electron chi connectivity index (χ1n) is 12.6. The van der Waals surface area contributed by atoms with E-state index in [1.165, 1.54) is 31.3 Å². The molecule has 1 saturated heterocycles. The van der Waals surface area contributed by atoms with Crippen LogP contribution in [0.15, 0.2) is 66.2 Å². The van der Waals surface area contributed by atoms with Crippen molar-refractivity contribution < 1.29 is 28.9 Å². The molecule has 1 atom stereocenters. The van der Waals surface area contributed by atoms with E-state index in [1.807, 2.05) is 55.5 Å². The molecule has 1 fully saturated rings. The highest BCUT2D eigenvalue weighted by Gasteiger charge is 2.46. The van der Waals surface area contributed by atoms with Gasteiger partial charge < -0.3 is 24.2 Å². The van der Waals surface area contributed by atoms with Gasteiger partial charge in [0.15, 0.2) is 0 Å². The van der Waals surface area contributed by atoms with Gasteiger partial charge in [-0.25, -0.2) is 0 Å². The summed E-state index contributed by atoms with van der Waals surface area (Å²) in [4.78, 5) is 28.4. The molecule has 0 aliphatic carbocycles. The van der Waals surface area contributed by atoms with E-state index >= 15 is 0 Å². The molecule has 3 aromatic carbocycles. The number of nitrogens with zero attached hydrogens (tertiary/aromatic N) is 1. The molecule has 3 aromatic rings. The molecule has 204 valence electrons. The van der Waals surface area contributed by atoms with Gasteiger partial charge in [-0.3, -0.25) is 9.59 Å². The summed E-state index contributed by atoms with van der Waals surface area (Å²) in [5.41, 5.74) is 2.63. The first-order valence-corrected chi connectivity index (χ1v) is 13.0. The maximum Gasteiger partial charge on any atom is 0.295 e. The largest absolute Gasteiger partial charge is 0.507 e. The SMILES string of the molecule is COc1cc(/C(O)=C2\C(=O)C(=O)N(Cc3ccc(OCC(C)C)cc3)C2c2cccc(C)c2)c(OC)cc1Cl. The van der Waals surface area contributed by atoms with E-state index in [0.717, 1.165) is 16.9 Å². The smallest absolute Gasteiger partial charge is 0.295 e. The number of benzene rings is 3. The summed E-state index contributed by atoms with van der Waals surface area (Å²) in [5.74, 6) is -0.204. The number of methoxy groups -OCH3 is 2. The molecule has 1 unspecified atom stereocenters. The lowest BCUT2D eigenvalue weighted by Crippen LogP contribution is -2.29. The second-order valence-corrected chi connectivity index (χ2v) is 10.3. The lowest BCUT2D eigenvalue weighted by Gasteiger charge is -2.26. The number of aliphatic hydroxyl groups is 1. The van der Waals surface area contributed by atoms with Crippen molar-refractivity contribution in [2.24, 2.45) is 5.92 Å². The van der Waals surface area contributed by atoms with Crippen molar-refractivity contribution in [3.63, 3.8) is 0 Å². The number of hydrogen-bond acceptors (Lipinski definition) is 6. The summed E-state index contributed by atoms with van der Waals surface area (Å²) >= 11 is 6.26. The van der Waals surface area contributed by atoms with Crippen LogP contribution in [0.4, 0.5) is 0 Å². The fourth-order valence-electron chi connectivity index (χ4n) is 4.57. The van der Waals surface area contributed by atoms with Gasteiger partial charge in [-0.1, -0.05) is 67.4 Å². The number of amides is 1. The van der Waals surface area contributed by atoms with Crippen molar-refractivity contribution in [2.45, 2.75) is 33.4 Å². The number of Topliss-reactive ketones (excluding diaryl/α,β-unsaturated/α-hetero) is 1. The summed E-state index contributed by atoms with van der Waals surface area (Å²) in [6, 6.07) is 17.1. The number of ketones is 1. The van der Waals surface area contributed by atoms with Crippen LogP contribution < -0.4 is 14.2 Å². The number of likely N-dealkylation sites (tertiary alicyclic amines) is 1. The molecule has 1 heterocycles. The molecule has 0 radical (unpaired) electrons. The maximum absolute atomic E-state index is 13.5. The Hall–Kier alpha value is -3.97. The normalized spacial score (nSPS) is 16.6. The predicted molar refractivity (Wildman–Crippen MR) is 150 cm³/mol. The van der Waals surface area contributed by atoms with Crippen LogP contribution in [0, 0.1) is 12.8 Å². The maximum atomic E-state index is 13.5. The highest BCUT2D eigenvalue weighted by atomic mass is 35.5. The summed E-state index contributed by atoms with van der Waals surface area (Å²) in [5, 5.41) is 11.8. The Morgan fingerprint density at radius 1 is 1.00 bits per heavy atom. The van der Waals surface area contributed by atoms with Gasteiger partial charge in [0.05, 0.1) is 43.0 Å². The molecule has 1 N–H and O–H groups in total. The zero-order chi connectivity index (χ0) is 28.3. The summed E-state index contributed by atoms with van der Waals surface area (Å²) < 4.78 is 16.5. The molecule has 1 aliphatic rings. The molecule has 7 nitrogen and oxygen atoms in total. The molecule has 1 amide bonds. The Balaban J connectivity index is 1.81. The van der Waals surface area contributed by atoms with Crippen LogP contribution in [0.1, 0.15) is 42.1 Å². The van der Waals surface area contributed by atoms with E-state index in [2.05, 4.69) is 13.8 Å². The quantitative estimate of drug-likeness (QED) is 0.191. The molecule has 0 aromatic heterocycles. The Morgan fingerprint density at radius 2 is 1.69 bits per heavy atom. The Morgan fingerprint density at radius 3 is 2.31 bits per heavy atom. The second-order valence-electron chi connectivity index (χ2n) is 9.88. The van der Waals surface area contributed by atoms with Gasteiger partial charge >= 0.3 is 0 Å². The van der Waals surface area contributed by atoms with Crippen LogP contribution in [-0.4, -0.2) is 42.5 Å². The topological polar surface area (TPSA) is 85.3 Å². The lowest BCUT2D eigenvalue weighted by molar-refractivity contribution is -0.140. The number of rotatable bonds is 9. The third-order valence-electron chi connectivity index (χ3n) is 6.49. The first kappa shape index (κ1) is 28.0. The van der Waals surface area contributed by atoms with E-state index in [1.54, 1.807) is 0 Å². The van der Waals surface area contributed by atoms with Crippen molar-refractivity contribution in [1.82, 2.24) is 4.90 Å². The van der Waals surface area contributed by atoms with Gasteiger partial charge in [-0.05, 0) is 42.2 Å². The monoisotopic (exact) mass is 549 g/mol. The van der Waals surface area contributed by atoms with Crippen LogP contribution in [-0.2, 0) is 16.1 Å². The lowest BCUT2D eigenvalue weighted by atomic mass is 9.94. The van der Waals surface area contributed by atoms with Crippen molar-refractivity contribution in [3.8, 4) is 17.2 Å². The van der Waals surface area contributed by atoms with Crippen LogP contribution in [0.25, 0.3) is 5.76 Å². The highest BCUT2D eigenvalue weighted by molar-refractivity contribution is 6.46. The third kappa shape index (κ3) is 5.88. The minimum absolute atomic E-state index is 0.0369. The van der Waals surface area contributed by atoms with Crippen LogP contribution >= 0.6 is 11.6 Å². The summed E-state index contributed by atoms with van der Waals surface area (Å²) in [6.45, 7) is 6.84. The van der Waals surface area contributed by atoms with E-state index < -0.39 is 17.7 Å². The van der Waals surface area contributed by atoms with E-state index in [4.69, 9.17) is 25.8 Å². The van der Waals surface area contributed by atoms with Gasteiger partial charge in [0.2, 0.25) is 0 Å². The zero-order valence-electron chi connectivity index (χ0n) is 22.7. The highest BCUT2D eigenvalue weighted by Crippen LogP contribution is 2.43. The number of hydrogen-bond donors (Lipinski definition) is 1. The molecule has 0 bridgehead atoms. The number of aliphatic hydroxyl groups excluding tert-OH is 1. The first-order chi connectivity index (χ1) is 18.6. The minimum atomic E-state index is -0.826. The van der Waals surface area contributed by atoms with Crippen molar-refractivity contribution in [2.75, 3.05) is 20.8 Å². The van der Waals surface area contributed by atoms with Gasteiger partial charge in [0, 0.05) is 12.6 Å². The predicted octanol–water partition coefficient (Wildman–Crippen LogP) is 6.32. The average molecular weight is 550 g/mol. The summed E-state index contributed by atoms with van der Waals surface area (Å²) in [7, 11) is 2.88. The standard InChI is InChI=1S/C31H32ClNO6/c1-18(2)17-39-22-11-9-20(10-12-22)16-33-28(21-8-6-7-19(3)13-21)27(30(35)31(33)36)29(34)23-14-26(38-5)24(32)15-25(23)37-4/h6-15,18,28,34H,16-17H2,1-5H3/b29-27+. The molecule has 39 heavy (non-hydrogen) atoms. The molecular weight excluding hydrogens is 518 g/mol. The fourth-order valence-corrected chi connectivity index (χ4v) is 4.80. The molecule has 0 saturated carbocycles. The molecular formula is C31H32ClNO6. The van der Waals surface area contributed by atoms with Crippen molar-refractivity contribution >= 4 is 29.1 Å². The fraction of sp³-hybridized carbons (Fsp3) is 0.290. The third-order valence-corrected chi connectivity index (χ3v) is 6.78. The zero-order valence-corrected chi connectivity index (χ0v) is 23.4. The number of ether oxygens (including phenoxy) is 3. The Bertz CT molecular complexity index is 1410. The van der Waals surface area contributed by atoms with E-state index in [-0.39, 0.29) is 34.2 Å². The van der Waals surface area contributed by atoms with Gasteiger partial charge in [-0.2, -0.15) is 0 Å². The number of halogens is 1. The Kier molecular flexibility index (Phi) is 8.51. The van der Waals surface area contributed by atoms with Gasteiger partial charge in [0.25, 0.3) is 11.7 Å². The van der Waals surface area contributed by atoms with Crippen molar-refractivity contribution in [1.29, 1.82) is 0 Å². The number of carbonyl (C=O) groups is 2. The average Bonchev–Trinajstić information content (AvgIpc) is 3.17. The van der Waals surface area contributed by atoms with Gasteiger partial charge in [0.1, 0.15) is 23.0 Å². The molecule has 4 rings (SSSR count). The molecule has 0 spiro atoms. The van der Waals surface area contributed by atoms with E-state index in [0.29, 0.717) is 23.8 Å². The minimum Gasteiger partial charge on any atom is -0.507 e. The number of aryl methyl sites for hydroxylation is 1. The Labute approximate surface area is 233 Å². The van der Waals surface area contributed by atoms with E-state index in [9.17, 15) is 14.7 Å².